The molecule has 0 aromatic heterocycles. The molecule has 0 radical (unpaired) electrons. The molecule has 0 aliphatic heterocycles. The predicted octanol–water partition coefficient (Wildman–Crippen LogP) is 2.41. The first-order valence-corrected chi connectivity index (χ1v) is 6.29. The summed E-state index contributed by atoms with van der Waals surface area (Å²) in [6.45, 7) is 0.647. The van der Waals surface area contributed by atoms with Gasteiger partial charge in [0.1, 0.15) is 0 Å². The number of hydrogen-bond donors (Lipinski definition) is 2. The minimum atomic E-state index is -0.287. The van der Waals surface area contributed by atoms with Gasteiger partial charge in [-0.2, -0.15) is 0 Å². The molecule has 1 atom stereocenters. The highest BCUT2D eigenvalue weighted by Gasteiger charge is 2.25. The number of aliphatic hydroxyl groups excluding tert-OH is 1. The van der Waals surface area contributed by atoms with Crippen molar-refractivity contribution in [3.8, 4) is 0 Å². The van der Waals surface area contributed by atoms with Crippen molar-refractivity contribution in [1.29, 1.82) is 0 Å². The van der Waals surface area contributed by atoms with Gasteiger partial charge in [-0.05, 0) is 42.9 Å². The molecule has 1 fully saturated rings. The van der Waals surface area contributed by atoms with Gasteiger partial charge >= 0.3 is 0 Å². The molecule has 2 nitrogen and oxygen atoms in total. The van der Waals surface area contributed by atoms with Crippen LogP contribution in [0, 0.1) is 5.92 Å². The Morgan fingerprint density at radius 1 is 1.25 bits per heavy atom. The van der Waals surface area contributed by atoms with Gasteiger partial charge in [0.2, 0.25) is 0 Å². The largest absolute Gasteiger partial charge is 0.388 e. The molecule has 1 saturated carbocycles. The van der Waals surface area contributed by atoms with Gasteiger partial charge in [-0.25, -0.2) is 0 Å². The first kappa shape index (κ1) is 11.6. The van der Waals surface area contributed by atoms with Crippen LogP contribution in [0.15, 0.2) is 24.3 Å². The van der Waals surface area contributed by atoms with Crippen molar-refractivity contribution in [2.45, 2.75) is 38.2 Å². The summed E-state index contributed by atoms with van der Waals surface area (Å²) in [5, 5.41) is 10.4. The molecule has 2 rings (SSSR count). The second-order valence-electron chi connectivity index (χ2n) is 4.73. The molecule has 1 aromatic rings. The number of benzene rings is 1. The van der Waals surface area contributed by atoms with Crippen LogP contribution in [0.4, 0.5) is 0 Å². The van der Waals surface area contributed by atoms with Crippen LogP contribution in [0.25, 0.3) is 0 Å². The number of rotatable bonds is 4. The average Bonchev–Trinajstić information content (AvgIpc) is 2.83. The first-order chi connectivity index (χ1) is 7.83. The molecular weight excluding hydrogens is 198 g/mol. The lowest BCUT2D eigenvalue weighted by molar-refractivity contribution is 0.111. The van der Waals surface area contributed by atoms with Crippen molar-refractivity contribution < 1.29 is 5.11 Å². The van der Waals surface area contributed by atoms with E-state index in [2.05, 4.69) is 6.07 Å². The zero-order chi connectivity index (χ0) is 11.4. The molecule has 0 saturated heterocycles. The summed E-state index contributed by atoms with van der Waals surface area (Å²) in [4.78, 5) is 0. The van der Waals surface area contributed by atoms with E-state index < -0.39 is 0 Å². The van der Waals surface area contributed by atoms with Crippen LogP contribution in [-0.4, -0.2) is 11.7 Å². The van der Waals surface area contributed by atoms with Gasteiger partial charge in [0.15, 0.2) is 0 Å². The summed E-state index contributed by atoms with van der Waals surface area (Å²) in [6.07, 6.45) is 5.43. The highest BCUT2D eigenvalue weighted by atomic mass is 16.3. The molecule has 1 aliphatic rings. The molecule has 1 aliphatic carbocycles. The SMILES string of the molecule is NCCc1ccccc1C(O)C1CCCC1. The van der Waals surface area contributed by atoms with Crippen LogP contribution >= 0.6 is 0 Å². The third kappa shape index (κ3) is 2.45. The zero-order valence-electron chi connectivity index (χ0n) is 9.73. The van der Waals surface area contributed by atoms with E-state index in [4.69, 9.17) is 5.73 Å². The summed E-state index contributed by atoms with van der Waals surface area (Å²) in [5.74, 6) is 0.457. The van der Waals surface area contributed by atoms with Crippen LogP contribution in [0.3, 0.4) is 0 Å². The standard InChI is InChI=1S/C14H21NO/c15-10-9-11-5-3-4-8-13(11)14(16)12-6-1-2-7-12/h3-5,8,12,14,16H,1-2,6-7,9-10,15H2. The fourth-order valence-corrected chi connectivity index (χ4v) is 2.73. The van der Waals surface area contributed by atoms with Gasteiger partial charge in [-0.3, -0.25) is 0 Å². The summed E-state index contributed by atoms with van der Waals surface area (Å²) in [5.41, 5.74) is 7.91. The van der Waals surface area contributed by atoms with Crippen LogP contribution in [0.5, 0.6) is 0 Å². The molecular formula is C14H21NO. The van der Waals surface area contributed by atoms with Gasteiger partial charge in [0.25, 0.3) is 0 Å². The lowest BCUT2D eigenvalue weighted by Crippen LogP contribution is -2.13. The van der Waals surface area contributed by atoms with Gasteiger partial charge in [0.05, 0.1) is 6.10 Å². The van der Waals surface area contributed by atoms with Gasteiger partial charge < -0.3 is 10.8 Å². The normalized spacial score (nSPS) is 18.9. The first-order valence-electron chi connectivity index (χ1n) is 6.29. The number of nitrogens with two attached hydrogens (primary N) is 1. The summed E-state index contributed by atoms with van der Waals surface area (Å²) in [6, 6.07) is 8.16. The molecule has 16 heavy (non-hydrogen) atoms. The molecule has 1 unspecified atom stereocenters. The fraction of sp³-hybridized carbons (Fsp3) is 0.571. The maximum absolute atomic E-state index is 10.4. The van der Waals surface area contributed by atoms with E-state index in [0.29, 0.717) is 12.5 Å². The Balaban J connectivity index is 2.17. The number of hydrogen-bond acceptors (Lipinski definition) is 2. The van der Waals surface area contributed by atoms with E-state index >= 15 is 0 Å². The summed E-state index contributed by atoms with van der Waals surface area (Å²) >= 11 is 0. The van der Waals surface area contributed by atoms with Crippen LogP contribution in [0.1, 0.15) is 42.9 Å². The Morgan fingerprint density at radius 3 is 2.62 bits per heavy atom. The van der Waals surface area contributed by atoms with Crippen molar-refractivity contribution >= 4 is 0 Å². The Labute approximate surface area is 97.5 Å². The summed E-state index contributed by atoms with van der Waals surface area (Å²) in [7, 11) is 0. The molecule has 0 spiro atoms. The predicted molar refractivity (Wildman–Crippen MR) is 66.1 cm³/mol. The summed E-state index contributed by atoms with van der Waals surface area (Å²) < 4.78 is 0. The molecule has 0 heterocycles. The van der Waals surface area contributed by atoms with Gasteiger partial charge in [-0.1, -0.05) is 37.1 Å². The molecule has 0 amide bonds. The third-order valence-electron chi connectivity index (χ3n) is 3.63. The quantitative estimate of drug-likeness (QED) is 0.817. The fourth-order valence-electron chi connectivity index (χ4n) is 2.73. The Bertz CT molecular complexity index is 331. The molecule has 1 aromatic carbocycles. The second-order valence-corrected chi connectivity index (χ2v) is 4.73. The monoisotopic (exact) mass is 219 g/mol. The van der Waals surface area contributed by atoms with Crippen molar-refractivity contribution in [2.24, 2.45) is 11.7 Å². The van der Waals surface area contributed by atoms with Crippen molar-refractivity contribution in [1.82, 2.24) is 0 Å². The van der Waals surface area contributed by atoms with Gasteiger partial charge in [0, 0.05) is 0 Å². The Hall–Kier alpha value is -0.860. The van der Waals surface area contributed by atoms with E-state index in [-0.39, 0.29) is 6.10 Å². The zero-order valence-corrected chi connectivity index (χ0v) is 9.73. The van der Waals surface area contributed by atoms with E-state index in [1.165, 1.54) is 18.4 Å². The highest BCUT2D eigenvalue weighted by Crippen LogP contribution is 2.36. The topological polar surface area (TPSA) is 46.2 Å². The molecule has 88 valence electrons. The molecule has 3 N–H and O–H groups in total. The van der Waals surface area contributed by atoms with Crippen LogP contribution < -0.4 is 5.73 Å². The lowest BCUT2D eigenvalue weighted by atomic mass is 9.90. The van der Waals surface area contributed by atoms with E-state index in [9.17, 15) is 5.11 Å². The minimum Gasteiger partial charge on any atom is -0.388 e. The van der Waals surface area contributed by atoms with Crippen LogP contribution in [0.2, 0.25) is 0 Å². The Kier molecular flexibility index (Phi) is 3.97. The minimum absolute atomic E-state index is 0.287. The molecule has 0 bridgehead atoms. The third-order valence-corrected chi connectivity index (χ3v) is 3.63. The average molecular weight is 219 g/mol. The Morgan fingerprint density at radius 2 is 1.94 bits per heavy atom. The van der Waals surface area contributed by atoms with Crippen molar-refractivity contribution in [3.63, 3.8) is 0 Å². The highest BCUT2D eigenvalue weighted by molar-refractivity contribution is 5.30. The molecule has 2 heteroatoms. The van der Waals surface area contributed by atoms with Crippen molar-refractivity contribution in [2.75, 3.05) is 6.54 Å². The number of aliphatic hydroxyl groups is 1. The van der Waals surface area contributed by atoms with E-state index in [1.807, 2.05) is 18.2 Å². The van der Waals surface area contributed by atoms with E-state index in [0.717, 1.165) is 24.8 Å². The van der Waals surface area contributed by atoms with E-state index in [1.54, 1.807) is 0 Å². The maximum atomic E-state index is 10.4. The van der Waals surface area contributed by atoms with Gasteiger partial charge in [-0.15, -0.1) is 0 Å². The maximum Gasteiger partial charge on any atom is 0.0820 e. The second kappa shape index (κ2) is 5.46. The van der Waals surface area contributed by atoms with Crippen LogP contribution in [-0.2, 0) is 6.42 Å². The smallest absolute Gasteiger partial charge is 0.0820 e. The lowest BCUT2D eigenvalue weighted by Gasteiger charge is -2.20. The van der Waals surface area contributed by atoms with Crippen molar-refractivity contribution in [3.05, 3.63) is 35.4 Å².